The van der Waals surface area contributed by atoms with Gasteiger partial charge in [-0.05, 0) is 116 Å². The molecule has 9 aromatic carbocycles. The SMILES string of the molecule is Cc1ccc(-c2cc(-c3ccc(-c4c(C)cc(-c5ccc(-n6c7ccccc7c7cc(-n8c9ccccc9c9ccccc98)ccc76)cc5)cc4C)cc3)nc(-c3ccc(C)cc3)n2)cc1. The van der Waals surface area contributed by atoms with Gasteiger partial charge in [-0.1, -0.05) is 163 Å². The molecule has 0 aliphatic heterocycles. The van der Waals surface area contributed by atoms with Crippen molar-refractivity contribution in [2.45, 2.75) is 27.7 Å². The number of para-hydroxylation sites is 3. The van der Waals surface area contributed by atoms with Crippen molar-refractivity contribution in [2.75, 3.05) is 0 Å². The zero-order valence-electron chi connectivity index (χ0n) is 37.4. The molecule has 0 saturated heterocycles. The lowest BCUT2D eigenvalue weighted by Gasteiger charge is -2.15. The predicted molar refractivity (Wildman–Crippen MR) is 277 cm³/mol. The summed E-state index contributed by atoms with van der Waals surface area (Å²) in [6, 6.07) is 74.8. The van der Waals surface area contributed by atoms with Gasteiger partial charge in [0.15, 0.2) is 5.82 Å². The van der Waals surface area contributed by atoms with Gasteiger partial charge in [-0.25, -0.2) is 9.97 Å². The van der Waals surface area contributed by atoms with Crippen LogP contribution in [0.1, 0.15) is 22.3 Å². The van der Waals surface area contributed by atoms with E-state index in [-0.39, 0.29) is 0 Å². The fourth-order valence-electron chi connectivity index (χ4n) is 10.1. The van der Waals surface area contributed by atoms with Crippen LogP contribution in [0.4, 0.5) is 0 Å². The van der Waals surface area contributed by atoms with Crippen molar-refractivity contribution in [3.63, 3.8) is 0 Å². The number of aryl methyl sites for hydroxylation is 4. The molecule has 12 aromatic rings. The minimum Gasteiger partial charge on any atom is -0.309 e. The van der Waals surface area contributed by atoms with E-state index in [0.29, 0.717) is 0 Å². The number of hydrogen-bond donors (Lipinski definition) is 0. The molecule has 0 amide bonds. The first kappa shape index (κ1) is 39.3. The maximum absolute atomic E-state index is 5.10. The lowest BCUT2D eigenvalue weighted by atomic mass is 9.91. The molecule has 3 heterocycles. The average molecular weight is 847 g/mol. The highest BCUT2D eigenvalue weighted by atomic mass is 15.0. The molecule has 0 spiro atoms. The van der Waals surface area contributed by atoms with Crippen molar-refractivity contribution in [3.05, 3.63) is 229 Å². The van der Waals surface area contributed by atoms with Crippen LogP contribution < -0.4 is 0 Å². The Morgan fingerprint density at radius 2 is 0.712 bits per heavy atom. The van der Waals surface area contributed by atoms with Crippen molar-refractivity contribution in [2.24, 2.45) is 0 Å². The van der Waals surface area contributed by atoms with Gasteiger partial charge in [0.2, 0.25) is 0 Å². The van der Waals surface area contributed by atoms with Crippen LogP contribution in [0.2, 0.25) is 0 Å². The molecule has 0 aliphatic carbocycles. The van der Waals surface area contributed by atoms with E-state index < -0.39 is 0 Å². The van der Waals surface area contributed by atoms with Crippen LogP contribution in [0.5, 0.6) is 0 Å². The Bertz CT molecular complexity index is 3670. The Morgan fingerprint density at radius 1 is 0.303 bits per heavy atom. The smallest absolute Gasteiger partial charge is 0.160 e. The zero-order valence-corrected chi connectivity index (χ0v) is 37.4. The minimum atomic E-state index is 0.725. The van der Waals surface area contributed by atoms with Crippen molar-refractivity contribution >= 4 is 43.6 Å². The first-order valence-electron chi connectivity index (χ1n) is 22.7. The zero-order chi connectivity index (χ0) is 44.5. The molecule has 0 bridgehead atoms. The Labute approximate surface area is 384 Å². The molecule has 66 heavy (non-hydrogen) atoms. The second kappa shape index (κ2) is 15.7. The summed E-state index contributed by atoms with van der Waals surface area (Å²) in [6.07, 6.45) is 0. The summed E-state index contributed by atoms with van der Waals surface area (Å²) in [7, 11) is 0. The molecule has 3 aromatic heterocycles. The number of nitrogens with zero attached hydrogens (tertiary/aromatic N) is 4. The van der Waals surface area contributed by atoms with E-state index in [1.165, 1.54) is 88.1 Å². The minimum absolute atomic E-state index is 0.725. The summed E-state index contributed by atoms with van der Waals surface area (Å²) in [5.41, 5.74) is 21.8. The number of rotatable bonds is 7. The lowest BCUT2D eigenvalue weighted by Crippen LogP contribution is -1.96. The molecule has 0 unspecified atom stereocenters. The third-order valence-corrected chi connectivity index (χ3v) is 13.3. The van der Waals surface area contributed by atoms with E-state index in [9.17, 15) is 0 Å². The first-order chi connectivity index (χ1) is 32.3. The van der Waals surface area contributed by atoms with Gasteiger partial charge in [0, 0.05) is 49.6 Å². The first-order valence-corrected chi connectivity index (χ1v) is 22.7. The Hall–Kier alpha value is -8.34. The van der Waals surface area contributed by atoms with Crippen molar-refractivity contribution in [3.8, 4) is 67.5 Å². The monoisotopic (exact) mass is 846 g/mol. The molecular formula is C62H46N4. The topological polar surface area (TPSA) is 35.6 Å². The number of aromatic nitrogens is 4. The molecule has 4 nitrogen and oxygen atoms in total. The van der Waals surface area contributed by atoms with Gasteiger partial charge in [-0.15, -0.1) is 0 Å². The molecule has 0 radical (unpaired) electrons. The van der Waals surface area contributed by atoms with Gasteiger partial charge in [0.25, 0.3) is 0 Å². The highest BCUT2D eigenvalue weighted by molar-refractivity contribution is 6.12. The van der Waals surface area contributed by atoms with Crippen LogP contribution >= 0.6 is 0 Å². The van der Waals surface area contributed by atoms with E-state index in [1.54, 1.807) is 0 Å². The van der Waals surface area contributed by atoms with Gasteiger partial charge < -0.3 is 9.13 Å². The highest BCUT2D eigenvalue weighted by Crippen LogP contribution is 2.39. The fourth-order valence-corrected chi connectivity index (χ4v) is 10.1. The average Bonchev–Trinajstić information content (AvgIpc) is 3.87. The number of benzene rings is 9. The number of hydrogen-bond acceptors (Lipinski definition) is 2. The van der Waals surface area contributed by atoms with Gasteiger partial charge in [0.05, 0.1) is 33.5 Å². The lowest BCUT2D eigenvalue weighted by molar-refractivity contribution is 1.17. The highest BCUT2D eigenvalue weighted by Gasteiger charge is 2.18. The maximum Gasteiger partial charge on any atom is 0.160 e. The van der Waals surface area contributed by atoms with Crippen molar-refractivity contribution in [1.82, 2.24) is 19.1 Å². The quantitative estimate of drug-likeness (QED) is 0.160. The van der Waals surface area contributed by atoms with Crippen molar-refractivity contribution in [1.29, 1.82) is 0 Å². The third kappa shape index (κ3) is 6.69. The molecule has 12 rings (SSSR count). The maximum atomic E-state index is 5.10. The fraction of sp³-hybridized carbons (Fsp3) is 0.0645. The standard InChI is InChI=1S/C62H46N4/c1-39-17-21-44(22-18-39)55-38-56(64-62(63-55)47-23-19-40(2)20-24-47)45-25-27-46(28-26-45)61-41(3)35-48(36-42(61)4)43-29-31-49(32-30-43)65-59-16-10-7-13-53(59)54-37-50(33-34-60(54)65)66-57-14-8-5-11-51(57)52-12-6-9-15-58(52)66/h5-38H,1-4H3. The Kier molecular flexibility index (Phi) is 9.35. The van der Waals surface area contributed by atoms with Crippen LogP contribution in [0.25, 0.3) is 111 Å². The molecule has 314 valence electrons. The van der Waals surface area contributed by atoms with E-state index in [2.05, 4.69) is 243 Å². The molecule has 0 N–H and O–H groups in total. The van der Waals surface area contributed by atoms with E-state index in [0.717, 1.165) is 45.3 Å². The van der Waals surface area contributed by atoms with Gasteiger partial charge in [-0.3, -0.25) is 0 Å². The normalized spacial score (nSPS) is 11.6. The van der Waals surface area contributed by atoms with E-state index in [1.807, 2.05) is 0 Å². The summed E-state index contributed by atoms with van der Waals surface area (Å²) >= 11 is 0. The van der Waals surface area contributed by atoms with Gasteiger partial charge in [-0.2, -0.15) is 0 Å². The molecule has 0 atom stereocenters. The summed E-state index contributed by atoms with van der Waals surface area (Å²) in [6.45, 7) is 8.67. The second-order valence-electron chi connectivity index (χ2n) is 17.7. The number of fused-ring (bicyclic) bond motifs is 6. The van der Waals surface area contributed by atoms with Crippen LogP contribution in [0.15, 0.2) is 206 Å². The molecule has 0 fully saturated rings. The summed E-state index contributed by atoms with van der Waals surface area (Å²) in [5.74, 6) is 0.725. The van der Waals surface area contributed by atoms with Crippen LogP contribution in [0.3, 0.4) is 0 Å². The summed E-state index contributed by atoms with van der Waals surface area (Å²) in [4.78, 5) is 10.1. The van der Waals surface area contributed by atoms with Crippen molar-refractivity contribution < 1.29 is 0 Å². The summed E-state index contributed by atoms with van der Waals surface area (Å²) in [5, 5.41) is 5.01. The Balaban J connectivity index is 0.861. The molecular weight excluding hydrogens is 801 g/mol. The second-order valence-corrected chi connectivity index (χ2v) is 17.7. The van der Waals surface area contributed by atoms with Crippen LogP contribution in [-0.2, 0) is 0 Å². The molecule has 4 heteroatoms. The molecule has 0 saturated carbocycles. The summed E-state index contributed by atoms with van der Waals surface area (Å²) < 4.78 is 4.81. The predicted octanol–water partition coefficient (Wildman–Crippen LogP) is 16.2. The van der Waals surface area contributed by atoms with Crippen LogP contribution in [-0.4, -0.2) is 19.1 Å². The largest absolute Gasteiger partial charge is 0.309 e. The Morgan fingerprint density at radius 3 is 1.26 bits per heavy atom. The van der Waals surface area contributed by atoms with Gasteiger partial charge >= 0.3 is 0 Å². The van der Waals surface area contributed by atoms with E-state index >= 15 is 0 Å². The van der Waals surface area contributed by atoms with E-state index in [4.69, 9.17) is 9.97 Å². The third-order valence-electron chi connectivity index (χ3n) is 13.3. The van der Waals surface area contributed by atoms with Gasteiger partial charge in [0.1, 0.15) is 0 Å². The molecule has 0 aliphatic rings. The van der Waals surface area contributed by atoms with Crippen LogP contribution in [0, 0.1) is 27.7 Å².